The van der Waals surface area contributed by atoms with Crippen LogP contribution in [0.4, 0.5) is 12.0 Å². The van der Waals surface area contributed by atoms with Crippen LogP contribution in [0.1, 0.15) is 62.9 Å². The van der Waals surface area contributed by atoms with Crippen LogP contribution in [0, 0.1) is 5.92 Å². The van der Waals surface area contributed by atoms with Crippen LogP contribution in [-0.2, 0) is 23.8 Å². The molecule has 4 aliphatic rings. The Hall–Kier alpha value is -7.22. The molecule has 2 atom stereocenters. The summed E-state index contributed by atoms with van der Waals surface area (Å²) in [6.07, 6.45) is 3.14. The standard InChI is InChI=1S/C27H32N4O5.C17H21N3O5.C10H13NO/c1-3-34-22-10-9-21(17-23(22)33-2)25-28-27(36-29-25)30-13-11-20(12-14-30)26(32)31-15-16-35-24(18-31)19-7-5-4-6-8-19;1-3-23-14-5-4-12(10-15(14)22-2)16-18-17(25-19-16)20-8-6-13(7-9-20)24-11-21;1-2-4-9(5-3-1)10-8-11-6-7-12-10/h4-10,17,20,24H,3,11-16,18H2,1-2H3;4-5,10-11,13H,3,6-9H2,1-2H3;1-5,10-11H,6-8H2. The lowest BCUT2D eigenvalue weighted by molar-refractivity contribution is -0.144. The van der Waals surface area contributed by atoms with E-state index in [4.69, 9.17) is 42.2 Å². The van der Waals surface area contributed by atoms with Gasteiger partial charge in [-0.25, -0.2) is 0 Å². The summed E-state index contributed by atoms with van der Waals surface area (Å²) in [6, 6.07) is 32.5. The first-order valence-corrected chi connectivity index (χ1v) is 25.1. The summed E-state index contributed by atoms with van der Waals surface area (Å²) >= 11 is 0. The van der Waals surface area contributed by atoms with Gasteiger partial charge >= 0.3 is 12.0 Å². The molecule has 6 aromatic rings. The lowest BCUT2D eigenvalue weighted by Crippen LogP contribution is -2.47. The van der Waals surface area contributed by atoms with Gasteiger partial charge in [0.25, 0.3) is 6.47 Å². The molecule has 4 aromatic carbocycles. The van der Waals surface area contributed by atoms with Crippen molar-refractivity contribution < 1.29 is 51.8 Å². The van der Waals surface area contributed by atoms with Gasteiger partial charge in [-0.2, -0.15) is 9.97 Å². The fraction of sp³-hybridized carbons (Fsp3) is 0.444. The van der Waals surface area contributed by atoms with Gasteiger partial charge in [0.05, 0.1) is 53.3 Å². The summed E-state index contributed by atoms with van der Waals surface area (Å²) < 4.78 is 49.4. The number of rotatable bonds is 15. The molecule has 6 heterocycles. The average molecular weight is 1000 g/mol. The number of aromatic nitrogens is 4. The first-order valence-electron chi connectivity index (χ1n) is 25.1. The van der Waals surface area contributed by atoms with Crippen LogP contribution in [0.2, 0.25) is 0 Å². The van der Waals surface area contributed by atoms with E-state index in [1.165, 1.54) is 5.56 Å². The number of piperidine rings is 2. The van der Waals surface area contributed by atoms with Gasteiger partial charge in [0.2, 0.25) is 17.6 Å². The number of carbonyl (C=O) groups excluding carboxylic acids is 2. The SMILES string of the molecule is CCOc1ccc(-c2noc(N3CCC(C(=O)N4CCOC(c5ccccc5)C4)CC3)n2)cc1OC.CCOc1ccc(-c2noc(N3CCC(OC=O)CC3)n2)cc1OC.c1ccc(C2CNCCO2)cc1. The highest BCUT2D eigenvalue weighted by Crippen LogP contribution is 2.35. The van der Waals surface area contributed by atoms with Crippen molar-refractivity contribution in [1.82, 2.24) is 30.5 Å². The van der Waals surface area contributed by atoms with Crippen LogP contribution >= 0.6 is 0 Å². The molecule has 4 fully saturated rings. The second-order valence-electron chi connectivity index (χ2n) is 17.6. The second kappa shape index (κ2) is 26.5. The number of methoxy groups -OCH3 is 2. The molecule has 4 saturated heterocycles. The molecule has 10 rings (SSSR count). The average Bonchev–Trinajstić information content (AvgIpc) is 4.17. The number of anilines is 2. The Kier molecular flexibility index (Phi) is 18.9. The minimum atomic E-state index is -0.0676. The van der Waals surface area contributed by atoms with E-state index in [0.717, 1.165) is 62.1 Å². The molecule has 388 valence electrons. The third-order valence-electron chi connectivity index (χ3n) is 13.0. The summed E-state index contributed by atoms with van der Waals surface area (Å²) in [6.45, 7) is 12.8. The number of ether oxygens (including phenoxy) is 7. The van der Waals surface area contributed by atoms with E-state index in [2.05, 4.69) is 54.8 Å². The van der Waals surface area contributed by atoms with E-state index >= 15 is 0 Å². The number of carbonyl (C=O) groups is 2. The van der Waals surface area contributed by atoms with Gasteiger partial charge in [-0.1, -0.05) is 71.0 Å². The van der Waals surface area contributed by atoms with Crippen LogP contribution < -0.4 is 34.1 Å². The van der Waals surface area contributed by atoms with Crippen LogP contribution in [0.25, 0.3) is 22.8 Å². The highest BCUT2D eigenvalue weighted by molar-refractivity contribution is 5.79. The molecule has 73 heavy (non-hydrogen) atoms. The first-order chi connectivity index (χ1) is 35.9. The van der Waals surface area contributed by atoms with Crippen molar-refractivity contribution in [2.45, 2.75) is 57.8 Å². The van der Waals surface area contributed by atoms with Crippen molar-refractivity contribution in [2.24, 2.45) is 5.92 Å². The second-order valence-corrected chi connectivity index (χ2v) is 17.6. The van der Waals surface area contributed by atoms with Gasteiger partial charge in [-0.05, 0) is 74.2 Å². The summed E-state index contributed by atoms with van der Waals surface area (Å²) in [4.78, 5) is 38.8. The molecule has 0 saturated carbocycles. The number of hydrogen-bond acceptors (Lipinski definition) is 18. The minimum absolute atomic E-state index is 0.00598. The topological polar surface area (TPSA) is 198 Å². The molecular formula is C54H66N8O11. The lowest BCUT2D eigenvalue weighted by atomic mass is 9.95. The Morgan fingerprint density at radius 2 is 1.18 bits per heavy atom. The predicted octanol–water partition coefficient (Wildman–Crippen LogP) is 7.59. The maximum absolute atomic E-state index is 13.3. The monoisotopic (exact) mass is 1000 g/mol. The zero-order valence-electron chi connectivity index (χ0n) is 42.1. The molecular weight excluding hydrogens is 937 g/mol. The molecule has 0 bridgehead atoms. The van der Waals surface area contributed by atoms with Crippen LogP contribution in [0.3, 0.4) is 0 Å². The first kappa shape index (κ1) is 52.1. The highest BCUT2D eigenvalue weighted by Gasteiger charge is 2.34. The molecule has 1 N–H and O–H groups in total. The predicted molar refractivity (Wildman–Crippen MR) is 272 cm³/mol. The molecule has 0 radical (unpaired) electrons. The number of nitrogens with one attached hydrogen (secondary N) is 1. The smallest absolute Gasteiger partial charge is 0.324 e. The quantitative estimate of drug-likeness (QED) is 0.0986. The van der Waals surface area contributed by atoms with E-state index in [-0.39, 0.29) is 30.1 Å². The number of benzene rings is 4. The van der Waals surface area contributed by atoms with E-state index in [1.807, 2.05) is 96.4 Å². The van der Waals surface area contributed by atoms with Gasteiger partial charge in [0.1, 0.15) is 12.2 Å². The molecule has 2 aromatic heterocycles. The summed E-state index contributed by atoms with van der Waals surface area (Å²) in [5, 5.41) is 11.5. The largest absolute Gasteiger partial charge is 0.493 e. The fourth-order valence-corrected chi connectivity index (χ4v) is 9.09. The van der Waals surface area contributed by atoms with Crippen LogP contribution in [0.5, 0.6) is 23.0 Å². The van der Waals surface area contributed by atoms with Crippen LogP contribution in [-0.4, -0.2) is 137 Å². The van der Waals surface area contributed by atoms with Crippen molar-refractivity contribution >= 4 is 24.4 Å². The minimum Gasteiger partial charge on any atom is -0.493 e. The third kappa shape index (κ3) is 13.8. The summed E-state index contributed by atoms with van der Waals surface area (Å²) in [5.74, 6) is 3.78. The van der Waals surface area contributed by atoms with Gasteiger partial charge < -0.3 is 62.2 Å². The molecule has 2 unspecified atom stereocenters. The Bertz CT molecular complexity index is 2610. The third-order valence-corrected chi connectivity index (χ3v) is 13.0. The van der Waals surface area contributed by atoms with E-state index in [9.17, 15) is 9.59 Å². The van der Waals surface area contributed by atoms with E-state index in [0.29, 0.717) is 112 Å². The van der Waals surface area contributed by atoms with Gasteiger partial charge in [-0.3, -0.25) is 9.59 Å². The maximum atomic E-state index is 13.3. The maximum Gasteiger partial charge on any atom is 0.324 e. The van der Waals surface area contributed by atoms with Crippen LogP contribution in [0.15, 0.2) is 106 Å². The van der Waals surface area contributed by atoms with E-state index in [1.54, 1.807) is 14.2 Å². The zero-order valence-corrected chi connectivity index (χ0v) is 42.1. The zero-order chi connectivity index (χ0) is 50.8. The Labute approximate surface area is 426 Å². The van der Waals surface area contributed by atoms with Crippen molar-refractivity contribution in [1.29, 1.82) is 0 Å². The molecule has 0 spiro atoms. The number of nitrogens with zero attached hydrogens (tertiary/aromatic N) is 7. The van der Waals surface area contributed by atoms with Gasteiger partial charge in [-0.15, -0.1) is 0 Å². The summed E-state index contributed by atoms with van der Waals surface area (Å²) in [7, 11) is 3.20. The fourth-order valence-electron chi connectivity index (χ4n) is 9.09. The Balaban J connectivity index is 0.000000165. The lowest BCUT2D eigenvalue weighted by Gasteiger charge is -2.37. The van der Waals surface area contributed by atoms with E-state index < -0.39 is 0 Å². The molecule has 0 aliphatic carbocycles. The molecule has 19 heteroatoms. The van der Waals surface area contributed by atoms with Gasteiger partial charge in [0, 0.05) is 75.7 Å². The summed E-state index contributed by atoms with van der Waals surface area (Å²) in [5.41, 5.74) is 3.96. The normalized spacial score (nSPS) is 18.3. The van der Waals surface area contributed by atoms with Crippen molar-refractivity contribution in [3.05, 3.63) is 108 Å². The highest BCUT2D eigenvalue weighted by atomic mass is 16.5. The number of amides is 1. The van der Waals surface area contributed by atoms with Crippen molar-refractivity contribution in [2.75, 3.05) is 103 Å². The molecule has 4 aliphatic heterocycles. The number of hydrogen-bond donors (Lipinski definition) is 1. The number of morpholine rings is 2. The molecule has 19 nitrogen and oxygen atoms in total. The van der Waals surface area contributed by atoms with Crippen molar-refractivity contribution in [3.63, 3.8) is 0 Å². The Morgan fingerprint density at radius 1 is 0.658 bits per heavy atom. The van der Waals surface area contributed by atoms with Crippen molar-refractivity contribution in [3.8, 4) is 45.8 Å². The Morgan fingerprint density at radius 3 is 1.67 bits per heavy atom. The van der Waals surface area contributed by atoms with Gasteiger partial charge in [0.15, 0.2) is 23.0 Å². The molecule has 1 amide bonds.